The van der Waals surface area contributed by atoms with Crippen molar-refractivity contribution in [1.29, 1.82) is 0 Å². The molecule has 0 atom stereocenters. The molecule has 40 heavy (non-hydrogen) atoms. The Morgan fingerprint density at radius 3 is 2.70 bits per heavy atom. The maximum Gasteiger partial charge on any atom is 0.248 e. The lowest BCUT2D eigenvalue weighted by Crippen LogP contribution is -2.44. The van der Waals surface area contributed by atoms with Gasteiger partial charge in [0.15, 0.2) is 5.82 Å². The molecule has 10 nitrogen and oxygen atoms in total. The SMILES string of the molecule is COc1cc(N2CCN(C)CC2)ccc1Nc1ncc(Cl)c(NCc2cccc(NC(=O)C=CCN(C)C)c2)n1. The van der Waals surface area contributed by atoms with E-state index in [2.05, 4.69) is 48.8 Å². The summed E-state index contributed by atoms with van der Waals surface area (Å²) < 4.78 is 5.67. The molecule has 3 N–H and O–H groups in total. The van der Waals surface area contributed by atoms with Gasteiger partial charge in [0.1, 0.15) is 10.8 Å². The molecule has 1 aliphatic heterocycles. The number of ether oxygens (including phenoxy) is 1. The monoisotopic (exact) mass is 564 g/mol. The highest BCUT2D eigenvalue weighted by Gasteiger charge is 2.16. The summed E-state index contributed by atoms with van der Waals surface area (Å²) >= 11 is 6.39. The number of halogens is 1. The predicted octanol–water partition coefficient (Wildman–Crippen LogP) is 4.30. The fraction of sp³-hybridized carbons (Fsp3) is 0.345. The molecule has 0 unspecified atom stereocenters. The van der Waals surface area contributed by atoms with Crippen molar-refractivity contribution in [1.82, 2.24) is 19.8 Å². The topological polar surface area (TPSA) is 97.9 Å². The third-order valence-electron chi connectivity index (χ3n) is 6.44. The number of methoxy groups -OCH3 is 1. The lowest BCUT2D eigenvalue weighted by atomic mass is 10.2. The molecule has 212 valence electrons. The molecule has 1 aromatic heterocycles. The van der Waals surface area contributed by atoms with Crippen LogP contribution in [0.4, 0.5) is 28.8 Å². The van der Waals surface area contributed by atoms with E-state index in [9.17, 15) is 4.79 Å². The number of rotatable bonds is 11. The van der Waals surface area contributed by atoms with Crippen LogP contribution in [0.3, 0.4) is 0 Å². The number of piperazine rings is 1. The highest BCUT2D eigenvalue weighted by Crippen LogP contribution is 2.32. The lowest BCUT2D eigenvalue weighted by molar-refractivity contribution is -0.111. The van der Waals surface area contributed by atoms with E-state index in [0.29, 0.717) is 41.3 Å². The molecule has 0 bridgehead atoms. The first-order valence-electron chi connectivity index (χ1n) is 13.2. The number of nitrogens with zero attached hydrogens (tertiary/aromatic N) is 5. The molecule has 2 heterocycles. The second-order valence-electron chi connectivity index (χ2n) is 9.90. The van der Waals surface area contributed by atoms with Crippen molar-refractivity contribution < 1.29 is 9.53 Å². The molecule has 11 heteroatoms. The molecule has 0 saturated carbocycles. The van der Waals surface area contributed by atoms with Gasteiger partial charge in [0, 0.05) is 62.8 Å². The highest BCUT2D eigenvalue weighted by molar-refractivity contribution is 6.32. The minimum atomic E-state index is -0.173. The summed E-state index contributed by atoms with van der Waals surface area (Å²) in [6.45, 7) is 5.17. The van der Waals surface area contributed by atoms with Crippen LogP contribution in [0.15, 0.2) is 60.8 Å². The summed E-state index contributed by atoms with van der Waals surface area (Å²) in [5, 5.41) is 9.81. The number of benzene rings is 2. The van der Waals surface area contributed by atoms with Gasteiger partial charge in [-0.2, -0.15) is 4.98 Å². The van der Waals surface area contributed by atoms with E-state index >= 15 is 0 Å². The molecule has 1 saturated heterocycles. The number of carbonyl (C=O) groups excluding carboxylic acids is 1. The maximum atomic E-state index is 12.2. The zero-order chi connectivity index (χ0) is 28.5. The fourth-order valence-corrected chi connectivity index (χ4v) is 4.37. The molecular formula is C29H37ClN8O2. The van der Waals surface area contributed by atoms with Gasteiger partial charge in [0.2, 0.25) is 11.9 Å². The zero-order valence-corrected chi connectivity index (χ0v) is 24.2. The van der Waals surface area contributed by atoms with Gasteiger partial charge in [0.05, 0.1) is 19.0 Å². The standard InChI is InChI=1S/C29H37ClN8O2/c1-36(2)12-6-9-27(39)33-22-8-5-7-21(17-22)19-31-28-24(30)20-32-29(35-28)34-25-11-10-23(18-26(25)40-4)38-15-13-37(3)14-16-38/h5-11,17-18,20H,12-16,19H2,1-4H3,(H,33,39)(H2,31,32,34,35). The molecule has 1 fully saturated rings. The molecule has 3 aromatic rings. The first-order valence-corrected chi connectivity index (χ1v) is 13.5. The van der Waals surface area contributed by atoms with Crippen LogP contribution in [-0.4, -0.2) is 86.7 Å². The van der Waals surface area contributed by atoms with Gasteiger partial charge in [-0.05, 0) is 51.0 Å². The zero-order valence-electron chi connectivity index (χ0n) is 23.4. The maximum absolute atomic E-state index is 12.2. The normalized spacial score (nSPS) is 14.0. The van der Waals surface area contributed by atoms with Crippen molar-refractivity contribution in [2.24, 2.45) is 0 Å². The Labute approximate surface area is 241 Å². The number of amides is 1. The van der Waals surface area contributed by atoms with E-state index in [4.69, 9.17) is 16.3 Å². The van der Waals surface area contributed by atoms with Crippen molar-refractivity contribution in [2.45, 2.75) is 6.54 Å². The predicted molar refractivity (Wildman–Crippen MR) is 163 cm³/mol. The van der Waals surface area contributed by atoms with Gasteiger partial charge in [-0.15, -0.1) is 0 Å². The van der Waals surface area contributed by atoms with Crippen molar-refractivity contribution in [3.8, 4) is 5.75 Å². The molecule has 4 rings (SSSR count). The summed E-state index contributed by atoms with van der Waals surface area (Å²) in [6.07, 6.45) is 4.91. The van der Waals surface area contributed by atoms with E-state index in [1.807, 2.05) is 61.5 Å². The molecule has 0 radical (unpaired) electrons. The van der Waals surface area contributed by atoms with Crippen LogP contribution >= 0.6 is 11.6 Å². The van der Waals surface area contributed by atoms with Gasteiger partial charge in [-0.25, -0.2) is 4.98 Å². The third-order valence-corrected chi connectivity index (χ3v) is 6.71. The summed E-state index contributed by atoms with van der Waals surface area (Å²) in [5.41, 5.74) is 3.55. The Balaban J connectivity index is 1.39. The quantitative estimate of drug-likeness (QED) is 0.294. The van der Waals surface area contributed by atoms with Gasteiger partial charge in [0.25, 0.3) is 0 Å². The van der Waals surface area contributed by atoms with Crippen LogP contribution in [-0.2, 0) is 11.3 Å². The Kier molecular flexibility index (Phi) is 10.2. The Bertz CT molecular complexity index is 1330. The Morgan fingerprint density at radius 2 is 1.95 bits per heavy atom. The summed E-state index contributed by atoms with van der Waals surface area (Å²) in [7, 11) is 7.70. The van der Waals surface area contributed by atoms with Gasteiger partial charge in [-0.1, -0.05) is 29.8 Å². The summed E-state index contributed by atoms with van der Waals surface area (Å²) in [6, 6.07) is 13.7. The number of anilines is 5. The average Bonchev–Trinajstić information content (AvgIpc) is 2.94. The second kappa shape index (κ2) is 14.0. The highest BCUT2D eigenvalue weighted by atomic mass is 35.5. The van der Waals surface area contributed by atoms with E-state index in [1.54, 1.807) is 13.3 Å². The van der Waals surface area contributed by atoms with Gasteiger partial charge < -0.3 is 35.4 Å². The van der Waals surface area contributed by atoms with Crippen LogP contribution in [0, 0.1) is 0 Å². The van der Waals surface area contributed by atoms with Crippen molar-refractivity contribution in [3.63, 3.8) is 0 Å². The third kappa shape index (κ3) is 8.32. The van der Waals surface area contributed by atoms with E-state index in [0.717, 1.165) is 43.1 Å². The first kappa shape index (κ1) is 29.1. The second-order valence-corrected chi connectivity index (χ2v) is 10.3. The Hall–Kier alpha value is -3.86. The average molecular weight is 565 g/mol. The first-order chi connectivity index (χ1) is 19.3. The van der Waals surface area contributed by atoms with Crippen molar-refractivity contribution in [2.75, 3.05) is 81.8 Å². The molecule has 1 aliphatic rings. The molecule has 1 amide bonds. The van der Waals surface area contributed by atoms with Gasteiger partial charge >= 0.3 is 0 Å². The number of carbonyl (C=O) groups is 1. The van der Waals surface area contributed by atoms with E-state index in [-0.39, 0.29) is 5.91 Å². The number of aromatic nitrogens is 2. The minimum Gasteiger partial charge on any atom is -0.494 e. The minimum absolute atomic E-state index is 0.173. The van der Waals surface area contributed by atoms with E-state index < -0.39 is 0 Å². The van der Waals surface area contributed by atoms with Crippen molar-refractivity contribution in [3.05, 3.63) is 71.4 Å². The fourth-order valence-electron chi connectivity index (χ4n) is 4.22. The van der Waals surface area contributed by atoms with Crippen LogP contribution < -0.4 is 25.6 Å². The number of nitrogens with one attached hydrogen (secondary N) is 3. The van der Waals surface area contributed by atoms with Gasteiger partial charge in [-0.3, -0.25) is 4.79 Å². The molecule has 2 aromatic carbocycles. The lowest BCUT2D eigenvalue weighted by Gasteiger charge is -2.34. The van der Waals surface area contributed by atoms with Crippen molar-refractivity contribution >= 4 is 46.3 Å². The van der Waals surface area contributed by atoms with Crippen LogP contribution in [0.1, 0.15) is 5.56 Å². The summed E-state index contributed by atoms with van der Waals surface area (Å²) in [5.74, 6) is 1.42. The summed E-state index contributed by atoms with van der Waals surface area (Å²) in [4.78, 5) is 27.8. The molecule has 0 aliphatic carbocycles. The smallest absolute Gasteiger partial charge is 0.248 e. The number of likely N-dealkylation sites (N-methyl/N-ethyl adjacent to an activating group) is 2. The van der Waals surface area contributed by atoms with E-state index in [1.165, 1.54) is 6.08 Å². The van der Waals surface area contributed by atoms with Crippen LogP contribution in [0.5, 0.6) is 5.75 Å². The largest absolute Gasteiger partial charge is 0.494 e. The Morgan fingerprint density at radius 1 is 1.15 bits per heavy atom. The van der Waals surface area contributed by atoms with Crippen LogP contribution in [0.2, 0.25) is 5.02 Å². The molecule has 0 spiro atoms. The number of hydrogen-bond donors (Lipinski definition) is 3. The van der Waals surface area contributed by atoms with Crippen LogP contribution in [0.25, 0.3) is 0 Å². The molecular weight excluding hydrogens is 528 g/mol. The number of hydrogen-bond acceptors (Lipinski definition) is 9.